The van der Waals surface area contributed by atoms with Crippen LogP contribution in [-0.4, -0.2) is 37.7 Å². The average Bonchev–Trinajstić information content (AvgIpc) is 3.37. The Morgan fingerprint density at radius 3 is 2.47 bits per heavy atom. The number of hydrogen-bond donors (Lipinski definition) is 1. The van der Waals surface area contributed by atoms with Gasteiger partial charge >= 0.3 is 5.97 Å². The highest BCUT2D eigenvalue weighted by molar-refractivity contribution is 5.97. The quantitative estimate of drug-likeness (QED) is 0.547. The first-order valence-electron chi connectivity index (χ1n) is 10.7. The van der Waals surface area contributed by atoms with E-state index in [9.17, 15) is 9.59 Å². The van der Waals surface area contributed by atoms with Crippen LogP contribution in [0.15, 0.2) is 48.5 Å². The molecule has 1 aliphatic rings. The zero-order valence-corrected chi connectivity index (χ0v) is 18.2. The van der Waals surface area contributed by atoms with Gasteiger partial charge in [0.2, 0.25) is 5.91 Å². The maximum absolute atomic E-state index is 12.6. The molecule has 0 spiro atoms. The second-order valence-electron chi connectivity index (χ2n) is 7.80. The molecular formula is C25H26N2O5. The van der Waals surface area contributed by atoms with Crippen LogP contribution in [0.2, 0.25) is 0 Å². The van der Waals surface area contributed by atoms with Crippen molar-refractivity contribution in [3.05, 3.63) is 48.5 Å². The third-order valence-electron chi connectivity index (χ3n) is 5.72. The molecule has 0 bridgehead atoms. The van der Waals surface area contributed by atoms with Gasteiger partial charge < -0.3 is 19.5 Å². The molecule has 0 unspecified atom stereocenters. The number of nitrogens with zero attached hydrogens (tertiary/aromatic N) is 1. The van der Waals surface area contributed by atoms with Gasteiger partial charge in [-0.25, -0.2) is 9.78 Å². The number of aromatic nitrogens is 1. The second-order valence-corrected chi connectivity index (χ2v) is 7.80. The Hall–Kier alpha value is -3.61. The molecule has 1 aliphatic carbocycles. The summed E-state index contributed by atoms with van der Waals surface area (Å²) in [6.45, 7) is -0.226. The summed E-state index contributed by atoms with van der Waals surface area (Å²) in [6.07, 6.45) is 4.05. The van der Waals surface area contributed by atoms with Crippen LogP contribution in [0.5, 0.6) is 11.5 Å². The molecule has 2 aromatic carbocycles. The Bertz CT molecular complexity index is 1120. The standard InChI is InChI=1S/C25H26N2O5/c1-30-19-10-7-16(8-11-19)22-14-23(32-15-24(28)31-2)20-13-18(9-12-21(20)27-22)26-25(29)17-5-3-4-6-17/h7-14,17H,3-6,15H2,1-2H3,(H,26,29). The third kappa shape index (κ3) is 4.82. The lowest BCUT2D eigenvalue weighted by molar-refractivity contribution is -0.142. The number of pyridine rings is 1. The first-order valence-corrected chi connectivity index (χ1v) is 10.7. The van der Waals surface area contributed by atoms with Gasteiger partial charge in [0, 0.05) is 28.6 Å². The highest BCUT2D eigenvalue weighted by Gasteiger charge is 2.23. The molecule has 32 heavy (non-hydrogen) atoms. The van der Waals surface area contributed by atoms with Crippen molar-refractivity contribution in [3.63, 3.8) is 0 Å². The number of esters is 1. The lowest BCUT2D eigenvalue weighted by Crippen LogP contribution is -2.20. The molecule has 1 fully saturated rings. The molecule has 7 heteroatoms. The van der Waals surface area contributed by atoms with E-state index in [2.05, 4.69) is 5.32 Å². The van der Waals surface area contributed by atoms with Crippen molar-refractivity contribution in [2.24, 2.45) is 5.92 Å². The number of rotatable bonds is 7. The lowest BCUT2D eigenvalue weighted by atomic mass is 10.1. The van der Waals surface area contributed by atoms with E-state index in [1.54, 1.807) is 13.2 Å². The number of hydrogen-bond acceptors (Lipinski definition) is 6. The lowest BCUT2D eigenvalue weighted by Gasteiger charge is -2.14. The molecule has 4 rings (SSSR count). The van der Waals surface area contributed by atoms with E-state index in [-0.39, 0.29) is 18.4 Å². The summed E-state index contributed by atoms with van der Waals surface area (Å²) in [7, 11) is 2.93. The molecule has 7 nitrogen and oxygen atoms in total. The van der Waals surface area contributed by atoms with E-state index in [0.717, 1.165) is 37.0 Å². The van der Waals surface area contributed by atoms with Crippen molar-refractivity contribution in [3.8, 4) is 22.8 Å². The fourth-order valence-electron chi connectivity index (χ4n) is 3.93. The minimum atomic E-state index is -0.480. The van der Waals surface area contributed by atoms with Crippen LogP contribution in [-0.2, 0) is 14.3 Å². The fraction of sp³-hybridized carbons (Fsp3) is 0.320. The molecule has 1 aromatic heterocycles. The Morgan fingerprint density at radius 1 is 1.03 bits per heavy atom. The number of fused-ring (bicyclic) bond motifs is 1. The number of carbonyl (C=O) groups excluding carboxylic acids is 2. The number of amides is 1. The number of benzene rings is 2. The van der Waals surface area contributed by atoms with E-state index in [0.29, 0.717) is 28.0 Å². The van der Waals surface area contributed by atoms with Gasteiger partial charge in [0.05, 0.1) is 25.4 Å². The summed E-state index contributed by atoms with van der Waals surface area (Å²) < 4.78 is 15.7. The topological polar surface area (TPSA) is 86.8 Å². The van der Waals surface area contributed by atoms with Gasteiger partial charge in [-0.05, 0) is 55.3 Å². The Labute approximate surface area is 186 Å². The van der Waals surface area contributed by atoms with E-state index < -0.39 is 5.97 Å². The van der Waals surface area contributed by atoms with Gasteiger partial charge in [0.25, 0.3) is 0 Å². The maximum Gasteiger partial charge on any atom is 0.343 e. The molecule has 1 heterocycles. The Morgan fingerprint density at radius 2 is 1.78 bits per heavy atom. The Balaban J connectivity index is 1.69. The van der Waals surface area contributed by atoms with Crippen LogP contribution >= 0.6 is 0 Å². The van der Waals surface area contributed by atoms with Crippen LogP contribution in [0.4, 0.5) is 5.69 Å². The van der Waals surface area contributed by atoms with Gasteiger partial charge in [0.1, 0.15) is 11.5 Å². The van der Waals surface area contributed by atoms with Crippen LogP contribution in [0, 0.1) is 5.92 Å². The number of methoxy groups -OCH3 is 2. The zero-order valence-electron chi connectivity index (χ0n) is 18.2. The van der Waals surface area contributed by atoms with Gasteiger partial charge in [-0.3, -0.25) is 4.79 Å². The first-order chi connectivity index (χ1) is 15.6. The largest absolute Gasteiger partial charge is 0.497 e. The van der Waals surface area contributed by atoms with Crippen molar-refractivity contribution in [2.75, 3.05) is 26.1 Å². The van der Waals surface area contributed by atoms with Crippen LogP contribution < -0.4 is 14.8 Å². The van der Waals surface area contributed by atoms with E-state index in [4.69, 9.17) is 19.2 Å². The van der Waals surface area contributed by atoms with Crippen LogP contribution in [0.1, 0.15) is 25.7 Å². The number of nitrogens with one attached hydrogen (secondary N) is 1. The molecule has 3 aromatic rings. The Kier molecular flexibility index (Phi) is 6.54. The van der Waals surface area contributed by atoms with Crippen molar-refractivity contribution in [1.82, 2.24) is 4.98 Å². The number of anilines is 1. The molecular weight excluding hydrogens is 408 g/mol. The summed E-state index contributed by atoms with van der Waals surface area (Å²) in [5.41, 5.74) is 2.95. The molecule has 1 N–H and O–H groups in total. The molecule has 0 saturated heterocycles. The molecule has 166 valence electrons. The maximum atomic E-state index is 12.6. The number of carbonyl (C=O) groups is 2. The second kappa shape index (κ2) is 9.68. The molecule has 1 saturated carbocycles. The number of ether oxygens (including phenoxy) is 3. The minimum Gasteiger partial charge on any atom is -0.497 e. The summed E-state index contributed by atoms with van der Waals surface area (Å²) in [5, 5.41) is 3.71. The molecule has 0 radical (unpaired) electrons. The van der Waals surface area contributed by atoms with Gasteiger partial charge in [-0.15, -0.1) is 0 Å². The van der Waals surface area contributed by atoms with Crippen LogP contribution in [0.25, 0.3) is 22.2 Å². The summed E-state index contributed by atoms with van der Waals surface area (Å²) in [4.78, 5) is 29.0. The SMILES string of the molecule is COC(=O)COc1cc(-c2ccc(OC)cc2)nc2ccc(NC(=O)C3CCCC3)cc12. The highest BCUT2D eigenvalue weighted by atomic mass is 16.6. The van der Waals surface area contributed by atoms with E-state index >= 15 is 0 Å². The smallest absolute Gasteiger partial charge is 0.343 e. The van der Waals surface area contributed by atoms with Gasteiger partial charge in [0.15, 0.2) is 6.61 Å². The summed E-state index contributed by atoms with van der Waals surface area (Å²) in [5.74, 6) is 0.868. The fourth-order valence-corrected chi connectivity index (χ4v) is 3.93. The normalized spacial score (nSPS) is 13.7. The van der Waals surface area contributed by atoms with E-state index in [1.165, 1.54) is 7.11 Å². The van der Waals surface area contributed by atoms with Gasteiger partial charge in [-0.2, -0.15) is 0 Å². The van der Waals surface area contributed by atoms with Crippen molar-refractivity contribution < 1.29 is 23.8 Å². The third-order valence-corrected chi connectivity index (χ3v) is 5.72. The monoisotopic (exact) mass is 434 g/mol. The van der Waals surface area contributed by atoms with Gasteiger partial charge in [-0.1, -0.05) is 12.8 Å². The van der Waals surface area contributed by atoms with Crippen molar-refractivity contribution in [2.45, 2.75) is 25.7 Å². The predicted octanol–water partition coefficient (Wildman–Crippen LogP) is 4.59. The zero-order chi connectivity index (χ0) is 22.5. The average molecular weight is 434 g/mol. The molecule has 0 aliphatic heterocycles. The summed E-state index contributed by atoms with van der Waals surface area (Å²) in [6, 6.07) is 14.8. The first kappa shape index (κ1) is 21.6. The minimum absolute atomic E-state index is 0.0432. The van der Waals surface area contributed by atoms with E-state index in [1.807, 2.05) is 42.5 Å². The summed E-state index contributed by atoms with van der Waals surface area (Å²) >= 11 is 0. The highest BCUT2D eigenvalue weighted by Crippen LogP contribution is 2.33. The predicted molar refractivity (Wildman–Crippen MR) is 122 cm³/mol. The van der Waals surface area contributed by atoms with Crippen LogP contribution in [0.3, 0.4) is 0 Å². The molecule has 1 amide bonds. The van der Waals surface area contributed by atoms with Crippen molar-refractivity contribution in [1.29, 1.82) is 0 Å². The van der Waals surface area contributed by atoms with Crippen molar-refractivity contribution >= 4 is 28.5 Å². The molecule has 0 atom stereocenters.